The minimum absolute atomic E-state index is 0.0219. The molecule has 3 N–H and O–H groups in total. The summed E-state index contributed by atoms with van der Waals surface area (Å²) in [5, 5.41) is 13.9. The third-order valence-electron chi connectivity index (χ3n) is 6.97. The minimum Gasteiger partial charge on any atom is -0.339 e. The number of nitrogens with one attached hydrogen (secondary N) is 3. The van der Waals surface area contributed by atoms with Crippen molar-refractivity contribution in [1.29, 1.82) is 0 Å². The number of aryl methyl sites for hydroxylation is 2. The fourth-order valence-corrected chi connectivity index (χ4v) is 5.10. The Morgan fingerprint density at radius 3 is 2.42 bits per heavy atom. The Labute approximate surface area is 191 Å². The number of benzene rings is 2. The molecule has 1 aromatic heterocycles. The summed E-state index contributed by atoms with van der Waals surface area (Å²) >= 11 is 0. The van der Waals surface area contributed by atoms with E-state index in [-0.39, 0.29) is 5.91 Å². The van der Waals surface area contributed by atoms with Gasteiger partial charge >= 0.3 is 6.03 Å². The van der Waals surface area contributed by atoms with Crippen molar-refractivity contribution >= 4 is 28.7 Å². The molecule has 2 aliphatic rings. The second kappa shape index (κ2) is 7.72. The number of likely N-dealkylation sites (tertiary alicyclic amines) is 1. The summed E-state index contributed by atoms with van der Waals surface area (Å²) in [7, 11) is 0. The number of carbonyl (C=O) groups excluding carboxylic acids is 3. The molecule has 0 radical (unpaired) electrons. The standard InChI is InChI=1S/C25H27N5O3/c1-14-12-15(2)20-19(13-14)28-29-21(20)16-8-10-30(11-9-16)22(31)17-4-6-18(7-5-17)25(3)23(32)26-24(33)27-25/h4-7,12-13,16H,8-11H2,1-3H3,(H,28,29)(H2,26,27,32,33)/t25-/m1/s1. The number of piperidine rings is 1. The van der Waals surface area contributed by atoms with Crippen molar-refractivity contribution < 1.29 is 14.4 Å². The number of amides is 4. The molecule has 0 unspecified atom stereocenters. The smallest absolute Gasteiger partial charge is 0.322 e. The number of nitrogens with zero attached hydrogens (tertiary/aromatic N) is 2. The summed E-state index contributed by atoms with van der Waals surface area (Å²) in [4.78, 5) is 38.6. The van der Waals surface area contributed by atoms with Gasteiger partial charge in [0.15, 0.2) is 0 Å². The fraction of sp³-hybridized carbons (Fsp3) is 0.360. The Kier molecular flexibility index (Phi) is 4.96. The molecule has 2 aromatic carbocycles. The Morgan fingerprint density at radius 1 is 1.09 bits per heavy atom. The van der Waals surface area contributed by atoms with Gasteiger partial charge in [0.25, 0.3) is 11.8 Å². The van der Waals surface area contributed by atoms with Gasteiger partial charge in [0.2, 0.25) is 0 Å². The maximum absolute atomic E-state index is 13.1. The van der Waals surface area contributed by atoms with Crippen molar-refractivity contribution in [3.63, 3.8) is 0 Å². The van der Waals surface area contributed by atoms with Crippen molar-refractivity contribution in [2.75, 3.05) is 13.1 Å². The van der Waals surface area contributed by atoms with Crippen LogP contribution in [0.25, 0.3) is 10.9 Å². The number of aromatic amines is 1. The van der Waals surface area contributed by atoms with Crippen LogP contribution in [0.1, 0.15) is 58.4 Å². The summed E-state index contributed by atoms with van der Waals surface area (Å²) in [6.45, 7) is 7.20. The van der Waals surface area contributed by atoms with Crippen molar-refractivity contribution in [3.05, 3.63) is 64.3 Å². The molecule has 0 bridgehead atoms. The van der Waals surface area contributed by atoms with Crippen molar-refractivity contribution in [3.8, 4) is 0 Å². The maximum Gasteiger partial charge on any atom is 0.322 e. The lowest BCUT2D eigenvalue weighted by atomic mass is 9.89. The highest BCUT2D eigenvalue weighted by atomic mass is 16.2. The molecule has 3 aromatic rings. The van der Waals surface area contributed by atoms with E-state index in [1.54, 1.807) is 31.2 Å². The first-order valence-corrected chi connectivity index (χ1v) is 11.2. The molecule has 2 aliphatic heterocycles. The van der Waals surface area contributed by atoms with Gasteiger partial charge in [0.1, 0.15) is 5.54 Å². The molecule has 33 heavy (non-hydrogen) atoms. The third kappa shape index (κ3) is 3.55. The molecule has 1 atom stereocenters. The summed E-state index contributed by atoms with van der Waals surface area (Å²) in [6.07, 6.45) is 1.75. The highest BCUT2D eigenvalue weighted by molar-refractivity contribution is 6.07. The molecule has 5 rings (SSSR count). The molecule has 170 valence electrons. The lowest BCUT2D eigenvalue weighted by Crippen LogP contribution is -2.40. The lowest BCUT2D eigenvalue weighted by molar-refractivity contribution is -0.123. The van der Waals surface area contributed by atoms with E-state index in [0.717, 1.165) is 18.4 Å². The SMILES string of the molecule is Cc1cc(C)c2c(C3CCN(C(=O)c4ccc([C@@]5(C)NC(=O)NC5=O)cc4)CC3)[nH]nc2c1. The number of imide groups is 1. The van der Waals surface area contributed by atoms with Crippen LogP contribution in [-0.4, -0.2) is 46.0 Å². The first-order chi connectivity index (χ1) is 15.8. The number of hydrogen-bond acceptors (Lipinski definition) is 4. The van der Waals surface area contributed by atoms with Gasteiger partial charge in [-0.1, -0.05) is 18.2 Å². The molecule has 0 spiro atoms. The van der Waals surface area contributed by atoms with Crippen molar-refractivity contribution in [2.45, 2.75) is 45.1 Å². The molecule has 0 aliphatic carbocycles. The van der Waals surface area contributed by atoms with Gasteiger partial charge in [-0.2, -0.15) is 5.10 Å². The molecule has 4 amide bonds. The highest BCUT2D eigenvalue weighted by Gasteiger charge is 2.43. The van der Waals surface area contributed by atoms with Gasteiger partial charge in [0, 0.05) is 35.7 Å². The second-order valence-corrected chi connectivity index (χ2v) is 9.29. The predicted molar refractivity (Wildman–Crippen MR) is 124 cm³/mol. The largest absolute Gasteiger partial charge is 0.339 e. The zero-order valence-corrected chi connectivity index (χ0v) is 19.0. The van der Waals surface area contributed by atoms with Gasteiger partial charge in [-0.15, -0.1) is 0 Å². The van der Waals surface area contributed by atoms with Crippen LogP contribution < -0.4 is 10.6 Å². The van der Waals surface area contributed by atoms with E-state index in [1.165, 1.54) is 22.2 Å². The van der Waals surface area contributed by atoms with Gasteiger partial charge in [-0.05, 0) is 68.5 Å². The van der Waals surface area contributed by atoms with Crippen LogP contribution in [0.4, 0.5) is 4.79 Å². The molecule has 2 fully saturated rings. The molecule has 8 nitrogen and oxygen atoms in total. The van der Waals surface area contributed by atoms with Crippen LogP contribution in [0, 0.1) is 13.8 Å². The van der Waals surface area contributed by atoms with Gasteiger partial charge in [-0.25, -0.2) is 4.79 Å². The van der Waals surface area contributed by atoms with Gasteiger partial charge in [-0.3, -0.25) is 20.0 Å². The number of carbonyl (C=O) groups is 3. The first kappa shape index (κ1) is 21.2. The maximum atomic E-state index is 13.1. The number of fused-ring (bicyclic) bond motifs is 1. The van der Waals surface area contributed by atoms with E-state index in [9.17, 15) is 14.4 Å². The van der Waals surface area contributed by atoms with Crippen LogP contribution in [0.3, 0.4) is 0 Å². The van der Waals surface area contributed by atoms with Gasteiger partial charge < -0.3 is 10.2 Å². The summed E-state index contributed by atoms with van der Waals surface area (Å²) in [5.41, 5.74) is 4.69. The number of hydrogen-bond donors (Lipinski definition) is 3. The molecule has 3 heterocycles. The third-order valence-corrected chi connectivity index (χ3v) is 6.97. The molecule has 8 heteroatoms. The van der Waals surface area contributed by atoms with Crippen LogP contribution in [0.5, 0.6) is 0 Å². The predicted octanol–water partition coefficient (Wildman–Crippen LogP) is 3.25. The summed E-state index contributed by atoms with van der Waals surface area (Å²) in [5.74, 6) is -0.0796. The second-order valence-electron chi connectivity index (χ2n) is 9.29. The normalized spacial score (nSPS) is 21.4. The van der Waals surface area contributed by atoms with E-state index >= 15 is 0 Å². The average molecular weight is 446 g/mol. The summed E-state index contributed by atoms with van der Waals surface area (Å²) in [6, 6.07) is 10.7. The van der Waals surface area contributed by atoms with Crippen LogP contribution in [0.15, 0.2) is 36.4 Å². The van der Waals surface area contributed by atoms with Crippen LogP contribution >= 0.6 is 0 Å². The average Bonchev–Trinajstić information content (AvgIpc) is 3.34. The number of rotatable bonds is 3. The Balaban J connectivity index is 1.28. The number of H-pyrrole nitrogens is 1. The van der Waals surface area contributed by atoms with E-state index in [1.807, 2.05) is 4.90 Å². The van der Waals surface area contributed by atoms with Gasteiger partial charge in [0.05, 0.1) is 5.52 Å². The molecule has 0 saturated carbocycles. The molecular weight excluding hydrogens is 418 g/mol. The zero-order valence-electron chi connectivity index (χ0n) is 19.0. The minimum atomic E-state index is -1.12. The zero-order chi connectivity index (χ0) is 23.3. The fourth-order valence-electron chi connectivity index (χ4n) is 5.10. The van der Waals surface area contributed by atoms with E-state index in [2.05, 4.69) is 46.8 Å². The Bertz CT molecular complexity index is 1270. The van der Waals surface area contributed by atoms with E-state index in [4.69, 9.17) is 0 Å². The quantitative estimate of drug-likeness (QED) is 0.538. The highest BCUT2D eigenvalue weighted by Crippen LogP contribution is 2.34. The van der Waals surface area contributed by atoms with Crippen LogP contribution in [-0.2, 0) is 10.3 Å². The summed E-state index contributed by atoms with van der Waals surface area (Å²) < 4.78 is 0. The molecule has 2 saturated heterocycles. The Morgan fingerprint density at radius 2 is 1.79 bits per heavy atom. The van der Waals surface area contributed by atoms with Crippen molar-refractivity contribution in [2.24, 2.45) is 0 Å². The first-order valence-electron chi connectivity index (χ1n) is 11.2. The van der Waals surface area contributed by atoms with Crippen LogP contribution in [0.2, 0.25) is 0 Å². The lowest BCUT2D eigenvalue weighted by Gasteiger charge is -2.32. The Hall–Kier alpha value is -3.68. The van der Waals surface area contributed by atoms with E-state index in [0.29, 0.717) is 30.1 Å². The van der Waals surface area contributed by atoms with E-state index < -0.39 is 17.5 Å². The van der Waals surface area contributed by atoms with Crippen molar-refractivity contribution in [1.82, 2.24) is 25.7 Å². The molecular formula is C25H27N5O3. The topological polar surface area (TPSA) is 107 Å². The number of aromatic nitrogens is 2. The monoisotopic (exact) mass is 445 g/mol. The number of urea groups is 1.